The predicted octanol–water partition coefficient (Wildman–Crippen LogP) is -10.8. The Morgan fingerprint density at radius 2 is 0.481 bits per heavy atom. The molecule has 22 heteroatoms. The van der Waals surface area contributed by atoms with Gasteiger partial charge in [0.2, 0.25) is 0 Å². The van der Waals surface area contributed by atoms with Gasteiger partial charge in [-0.15, -0.1) is 0 Å². The molecular weight excluding hydrogens is 724 g/mol. The summed E-state index contributed by atoms with van der Waals surface area (Å²) in [6.07, 6.45) is -7.57. The van der Waals surface area contributed by atoms with Crippen LogP contribution in [0.1, 0.15) is 0 Å². The Morgan fingerprint density at radius 3 is 0.722 bits per heavy atom. The van der Waals surface area contributed by atoms with Gasteiger partial charge in [-0.3, -0.25) is 19.6 Å². The summed E-state index contributed by atoms with van der Waals surface area (Å²) in [5.74, 6) is 0. The fourth-order valence-electron chi connectivity index (χ4n) is 4.94. The second kappa shape index (κ2) is 36.5. The van der Waals surface area contributed by atoms with Gasteiger partial charge in [-0.2, -0.15) is 0 Å². The van der Waals surface area contributed by atoms with Crippen molar-refractivity contribution in [2.75, 3.05) is 158 Å². The molecule has 22 nitrogen and oxygen atoms in total. The molecule has 0 aromatic carbocycles. The van der Waals surface area contributed by atoms with E-state index in [1.54, 1.807) is 14.7 Å². The molecule has 8 unspecified atom stereocenters. The number of aliphatic hydroxyl groups is 16. The van der Waals surface area contributed by atoms with Crippen LogP contribution in [-0.4, -0.2) is 308 Å². The summed E-state index contributed by atoms with van der Waals surface area (Å²) >= 11 is 0. The molecule has 0 amide bonds. The highest BCUT2D eigenvalue weighted by Crippen LogP contribution is 2.03. The summed E-state index contributed by atoms with van der Waals surface area (Å²) in [6.45, 7) is 1.62. The van der Waals surface area contributed by atoms with E-state index in [1.165, 1.54) is 0 Å². The third kappa shape index (κ3) is 32.2. The van der Waals surface area contributed by atoms with Crippen LogP contribution in [0.3, 0.4) is 0 Å². The predicted molar refractivity (Wildman–Crippen MR) is 196 cm³/mol. The molecular formula is C32H74N6O16. The standard InChI is InChI=1S/C19H43N3O10.C13H31N3O6/c23-10-15(28)5-20(1-3-21(6-16(29)11-24)7-17(30)12-25)2-4-22(8-18(31)13-26)9-19(32)14-27;17-8-11(20)5-14-1-3-16(7-13(22)10-19)4-2-15-6-12(21)9-18/h15-19,23-32H,1-14H2;11-15,17-22H,1-10H2. The minimum atomic E-state index is -1.03. The van der Waals surface area contributed by atoms with E-state index in [2.05, 4.69) is 10.6 Å². The van der Waals surface area contributed by atoms with E-state index in [1.807, 2.05) is 4.90 Å². The molecule has 0 aliphatic heterocycles. The van der Waals surface area contributed by atoms with Gasteiger partial charge in [0.1, 0.15) is 0 Å². The summed E-state index contributed by atoms with van der Waals surface area (Å²) in [5.41, 5.74) is 0. The molecule has 54 heavy (non-hydrogen) atoms. The van der Waals surface area contributed by atoms with Crippen LogP contribution in [0.15, 0.2) is 0 Å². The zero-order valence-electron chi connectivity index (χ0n) is 31.5. The van der Waals surface area contributed by atoms with Crippen molar-refractivity contribution in [1.29, 1.82) is 0 Å². The highest BCUT2D eigenvalue weighted by molar-refractivity contribution is 4.75. The lowest BCUT2D eigenvalue weighted by atomic mass is 10.2. The molecule has 18 N–H and O–H groups in total. The Morgan fingerprint density at radius 1 is 0.278 bits per heavy atom. The lowest BCUT2D eigenvalue weighted by Crippen LogP contribution is -2.48. The lowest BCUT2D eigenvalue weighted by molar-refractivity contribution is 0.00745. The summed E-state index contributed by atoms with van der Waals surface area (Å²) < 4.78 is 0. The number of aliphatic hydroxyl groups excluding tert-OH is 16. The fourth-order valence-corrected chi connectivity index (χ4v) is 4.94. The minimum Gasteiger partial charge on any atom is -0.394 e. The van der Waals surface area contributed by atoms with Crippen LogP contribution in [0.5, 0.6) is 0 Å². The summed E-state index contributed by atoms with van der Waals surface area (Å²) in [7, 11) is 0. The Labute approximate surface area is 318 Å². The van der Waals surface area contributed by atoms with E-state index in [9.17, 15) is 46.0 Å². The van der Waals surface area contributed by atoms with Crippen LogP contribution in [-0.2, 0) is 0 Å². The highest BCUT2D eigenvalue weighted by atomic mass is 16.3. The van der Waals surface area contributed by atoms with Gasteiger partial charge >= 0.3 is 0 Å². The van der Waals surface area contributed by atoms with E-state index >= 15 is 0 Å². The highest BCUT2D eigenvalue weighted by Gasteiger charge is 2.20. The van der Waals surface area contributed by atoms with Crippen LogP contribution in [0.4, 0.5) is 0 Å². The molecule has 0 aromatic rings. The third-order valence-electron chi connectivity index (χ3n) is 7.93. The van der Waals surface area contributed by atoms with E-state index in [0.29, 0.717) is 58.9 Å². The van der Waals surface area contributed by atoms with Gasteiger partial charge in [-0.25, -0.2) is 0 Å². The van der Waals surface area contributed by atoms with Crippen molar-refractivity contribution in [3.05, 3.63) is 0 Å². The maximum Gasteiger partial charge on any atom is 0.0897 e. The van der Waals surface area contributed by atoms with Crippen LogP contribution in [0, 0.1) is 0 Å². The number of hydrogen-bond donors (Lipinski definition) is 18. The topological polar surface area (TPSA) is 361 Å². The SMILES string of the molecule is OCC(O)CN(CCN(CC(O)CO)CC(O)CO)CCN(CC(O)CO)CC(O)CO.OCC(O)CNCCN(CCNCC(O)CO)CC(O)CO. The lowest BCUT2D eigenvalue weighted by Gasteiger charge is -2.33. The molecule has 0 aliphatic carbocycles. The van der Waals surface area contributed by atoms with Crippen molar-refractivity contribution in [2.45, 2.75) is 48.8 Å². The molecule has 0 fully saturated rings. The van der Waals surface area contributed by atoms with E-state index in [4.69, 9.17) is 35.7 Å². The molecule has 0 saturated heterocycles. The molecule has 0 saturated carbocycles. The average Bonchev–Trinajstić information content (AvgIpc) is 3.17. The second-order valence-corrected chi connectivity index (χ2v) is 13.2. The monoisotopic (exact) mass is 799 g/mol. The summed E-state index contributed by atoms with van der Waals surface area (Å²) in [6, 6.07) is 0. The molecule has 0 heterocycles. The van der Waals surface area contributed by atoms with Gasteiger partial charge in [0.25, 0.3) is 0 Å². The Bertz CT molecular complexity index is 736. The molecule has 0 spiro atoms. The van der Waals surface area contributed by atoms with Crippen LogP contribution in [0.2, 0.25) is 0 Å². The van der Waals surface area contributed by atoms with Gasteiger partial charge in [-0.1, -0.05) is 0 Å². The van der Waals surface area contributed by atoms with Crippen molar-refractivity contribution >= 4 is 0 Å². The summed E-state index contributed by atoms with van der Waals surface area (Å²) in [5, 5.41) is 155. The smallest absolute Gasteiger partial charge is 0.0897 e. The number of nitrogens with one attached hydrogen (secondary N) is 2. The Hall–Kier alpha value is -0.880. The largest absolute Gasteiger partial charge is 0.394 e. The van der Waals surface area contributed by atoms with E-state index in [-0.39, 0.29) is 65.6 Å². The van der Waals surface area contributed by atoms with Crippen molar-refractivity contribution in [2.24, 2.45) is 0 Å². The van der Waals surface area contributed by atoms with Crippen molar-refractivity contribution in [3.63, 3.8) is 0 Å². The van der Waals surface area contributed by atoms with Gasteiger partial charge in [0.15, 0.2) is 0 Å². The zero-order valence-corrected chi connectivity index (χ0v) is 31.5. The second-order valence-electron chi connectivity index (χ2n) is 13.2. The molecule has 328 valence electrons. The first-order valence-corrected chi connectivity index (χ1v) is 18.3. The normalized spacial score (nSPS) is 16.7. The quantitative estimate of drug-likeness (QED) is 0.0262. The summed E-state index contributed by atoms with van der Waals surface area (Å²) in [4.78, 5) is 7.04. The minimum absolute atomic E-state index is 0.0570. The Balaban J connectivity index is 0. The van der Waals surface area contributed by atoms with Gasteiger partial charge in [-0.05, 0) is 0 Å². The number of rotatable bonds is 36. The van der Waals surface area contributed by atoms with Gasteiger partial charge in [0, 0.05) is 105 Å². The van der Waals surface area contributed by atoms with Gasteiger partial charge in [0.05, 0.1) is 102 Å². The van der Waals surface area contributed by atoms with E-state index < -0.39 is 81.9 Å². The molecule has 8 atom stereocenters. The molecule has 0 radical (unpaired) electrons. The average molecular weight is 799 g/mol. The van der Waals surface area contributed by atoms with Crippen molar-refractivity contribution < 1.29 is 81.7 Å². The van der Waals surface area contributed by atoms with Crippen LogP contribution in [0.25, 0.3) is 0 Å². The van der Waals surface area contributed by atoms with Gasteiger partial charge < -0.3 is 92.3 Å². The molecule has 0 aromatic heterocycles. The Kier molecular flexibility index (Phi) is 37.3. The van der Waals surface area contributed by atoms with Crippen LogP contribution < -0.4 is 10.6 Å². The molecule has 0 aliphatic rings. The number of nitrogens with zero attached hydrogens (tertiary/aromatic N) is 4. The zero-order chi connectivity index (χ0) is 41.3. The first-order chi connectivity index (χ1) is 25.7. The first kappa shape index (κ1) is 55.2. The maximum atomic E-state index is 9.88. The first-order valence-electron chi connectivity index (χ1n) is 18.3. The molecule has 0 bridgehead atoms. The van der Waals surface area contributed by atoms with Crippen LogP contribution >= 0.6 is 0 Å². The third-order valence-corrected chi connectivity index (χ3v) is 7.93. The maximum absolute atomic E-state index is 9.88. The van der Waals surface area contributed by atoms with E-state index in [0.717, 1.165) is 0 Å². The van der Waals surface area contributed by atoms with Crippen molar-refractivity contribution in [1.82, 2.24) is 30.2 Å². The number of hydrogen-bond acceptors (Lipinski definition) is 22. The molecule has 0 rings (SSSR count). The van der Waals surface area contributed by atoms with Crippen molar-refractivity contribution in [3.8, 4) is 0 Å². The fraction of sp³-hybridized carbons (Fsp3) is 1.00.